The van der Waals surface area contributed by atoms with Crippen LogP contribution in [0.3, 0.4) is 0 Å². The van der Waals surface area contributed by atoms with Gasteiger partial charge in [-0.15, -0.1) is 0 Å². The zero-order valence-electron chi connectivity index (χ0n) is 9.06. The molecule has 0 saturated heterocycles. The topological polar surface area (TPSA) is 57.2 Å². The molecule has 0 radical (unpaired) electrons. The van der Waals surface area contributed by atoms with E-state index in [2.05, 4.69) is 0 Å². The zero-order chi connectivity index (χ0) is 13.0. The third kappa shape index (κ3) is 8.82. The van der Waals surface area contributed by atoms with Crippen molar-refractivity contribution in [2.45, 2.75) is 43.5 Å². The molecule has 0 spiro atoms. The smallest absolute Gasteiger partial charge is 0.743 e. The standard InChI is InChI=1S/C7H11F5O3S.Li/c8-6(9,10)4-2-1-3-5-7(11,12)16(13,14)15;/h1-5H2,(H,13,14,15);/q;+1/p-1. The molecule has 98 valence electrons. The van der Waals surface area contributed by atoms with Gasteiger partial charge < -0.3 is 4.55 Å². The molecule has 0 N–H and O–H groups in total. The predicted octanol–water partition coefficient (Wildman–Crippen LogP) is -0.359. The molecule has 3 nitrogen and oxygen atoms in total. The summed E-state index contributed by atoms with van der Waals surface area (Å²) in [7, 11) is -5.72. The normalized spacial score (nSPS) is 13.3. The molecular weight excluding hydrogens is 266 g/mol. The van der Waals surface area contributed by atoms with E-state index in [0.29, 0.717) is 0 Å². The van der Waals surface area contributed by atoms with Crippen molar-refractivity contribution in [3.63, 3.8) is 0 Å². The summed E-state index contributed by atoms with van der Waals surface area (Å²) < 4.78 is 89.7. The first-order chi connectivity index (χ1) is 6.96. The number of halogens is 5. The van der Waals surface area contributed by atoms with Crippen molar-refractivity contribution in [2.75, 3.05) is 0 Å². The second-order valence-corrected chi connectivity index (χ2v) is 4.77. The summed E-state index contributed by atoms with van der Waals surface area (Å²) in [5.74, 6) is 0. The summed E-state index contributed by atoms with van der Waals surface area (Å²) >= 11 is 0. The van der Waals surface area contributed by atoms with Gasteiger partial charge in [0.1, 0.15) is 0 Å². The molecule has 0 bridgehead atoms. The Balaban J connectivity index is 0. The molecule has 0 rings (SSSR count). The second kappa shape index (κ2) is 6.92. The Labute approximate surface area is 108 Å². The molecule has 0 heterocycles. The van der Waals surface area contributed by atoms with E-state index in [-0.39, 0.29) is 31.7 Å². The largest absolute Gasteiger partial charge is 1.00 e. The van der Waals surface area contributed by atoms with Gasteiger partial charge in [0.05, 0.1) is 0 Å². The third-order valence-corrected chi connectivity index (χ3v) is 2.73. The summed E-state index contributed by atoms with van der Waals surface area (Å²) in [6.07, 6.45) is -7.71. The van der Waals surface area contributed by atoms with E-state index in [1.807, 2.05) is 0 Å². The summed E-state index contributed by atoms with van der Waals surface area (Å²) in [4.78, 5) is 0. The number of alkyl halides is 5. The van der Waals surface area contributed by atoms with Gasteiger partial charge >= 0.3 is 30.3 Å². The summed E-state index contributed by atoms with van der Waals surface area (Å²) in [6, 6.07) is 0. The fraction of sp³-hybridized carbons (Fsp3) is 1.00. The minimum atomic E-state index is -5.72. The minimum absolute atomic E-state index is 0. The van der Waals surface area contributed by atoms with Crippen molar-refractivity contribution in [1.29, 1.82) is 0 Å². The molecule has 0 aliphatic heterocycles. The van der Waals surface area contributed by atoms with Crippen molar-refractivity contribution < 1.29 is 53.8 Å². The maximum absolute atomic E-state index is 12.5. The van der Waals surface area contributed by atoms with Gasteiger partial charge in [-0.1, -0.05) is 6.42 Å². The van der Waals surface area contributed by atoms with E-state index < -0.39 is 40.8 Å². The summed E-state index contributed by atoms with van der Waals surface area (Å²) in [6.45, 7) is 0. The van der Waals surface area contributed by atoms with Crippen LogP contribution in [-0.4, -0.2) is 24.4 Å². The van der Waals surface area contributed by atoms with E-state index in [1.165, 1.54) is 0 Å². The molecule has 10 heteroatoms. The van der Waals surface area contributed by atoms with Gasteiger partial charge in [-0.05, 0) is 12.8 Å². The van der Waals surface area contributed by atoms with Crippen LogP contribution in [0.2, 0.25) is 0 Å². The fourth-order valence-corrected chi connectivity index (χ4v) is 1.35. The number of hydrogen-bond acceptors (Lipinski definition) is 3. The second-order valence-electron chi connectivity index (χ2n) is 3.27. The molecular formula is C7H10F5LiO3S. The Morgan fingerprint density at radius 2 is 1.29 bits per heavy atom. The van der Waals surface area contributed by atoms with E-state index in [1.54, 1.807) is 0 Å². The Hall–Kier alpha value is 0.157. The zero-order valence-corrected chi connectivity index (χ0v) is 9.87. The van der Waals surface area contributed by atoms with Gasteiger partial charge in [0.25, 0.3) is 0 Å². The Bertz CT molecular complexity index is 314. The molecule has 17 heavy (non-hydrogen) atoms. The molecule has 0 unspecified atom stereocenters. The average molecular weight is 276 g/mol. The molecule has 0 aromatic heterocycles. The van der Waals surface area contributed by atoms with E-state index in [9.17, 15) is 34.9 Å². The van der Waals surface area contributed by atoms with Crippen LogP contribution in [0.4, 0.5) is 22.0 Å². The van der Waals surface area contributed by atoms with Gasteiger partial charge in [0.15, 0.2) is 10.1 Å². The number of unbranched alkanes of at least 4 members (excludes halogenated alkanes) is 2. The maximum atomic E-state index is 12.5. The van der Waals surface area contributed by atoms with Crippen LogP contribution in [0, 0.1) is 0 Å². The number of rotatable bonds is 6. The van der Waals surface area contributed by atoms with Gasteiger partial charge in [0, 0.05) is 12.8 Å². The van der Waals surface area contributed by atoms with Crippen LogP contribution < -0.4 is 18.9 Å². The molecule has 0 aliphatic carbocycles. The van der Waals surface area contributed by atoms with Crippen LogP contribution in [-0.2, 0) is 10.1 Å². The predicted molar refractivity (Wildman–Crippen MR) is 43.8 cm³/mol. The fourth-order valence-electron chi connectivity index (χ4n) is 0.958. The first-order valence-corrected chi connectivity index (χ1v) is 5.76. The van der Waals surface area contributed by atoms with Crippen molar-refractivity contribution in [2.24, 2.45) is 0 Å². The van der Waals surface area contributed by atoms with Crippen LogP contribution in [0.5, 0.6) is 0 Å². The van der Waals surface area contributed by atoms with E-state index in [0.717, 1.165) is 0 Å². The Kier molecular flexibility index (Phi) is 7.94. The van der Waals surface area contributed by atoms with Crippen LogP contribution in [0.15, 0.2) is 0 Å². The molecule has 0 aromatic rings. The molecule has 0 amide bonds. The molecule has 0 aliphatic rings. The monoisotopic (exact) mass is 276 g/mol. The number of hydrogen-bond donors (Lipinski definition) is 0. The van der Waals surface area contributed by atoms with Crippen molar-refractivity contribution in [3.05, 3.63) is 0 Å². The third-order valence-electron chi connectivity index (χ3n) is 1.79. The van der Waals surface area contributed by atoms with Crippen LogP contribution in [0.25, 0.3) is 0 Å². The van der Waals surface area contributed by atoms with Crippen LogP contribution >= 0.6 is 0 Å². The van der Waals surface area contributed by atoms with Crippen molar-refractivity contribution >= 4 is 10.1 Å². The molecule has 0 fully saturated rings. The van der Waals surface area contributed by atoms with Gasteiger partial charge in [-0.3, -0.25) is 0 Å². The first-order valence-electron chi connectivity index (χ1n) is 4.36. The SMILES string of the molecule is O=S(=O)([O-])C(F)(F)CCCCCC(F)(F)F.[Li+]. The Morgan fingerprint density at radius 1 is 0.882 bits per heavy atom. The Morgan fingerprint density at radius 3 is 1.65 bits per heavy atom. The van der Waals surface area contributed by atoms with E-state index in [4.69, 9.17) is 0 Å². The quantitative estimate of drug-likeness (QED) is 0.288. The van der Waals surface area contributed by atoms with Crippen molar-refractivity contribution in [1.82, 2.24) is 0 Å². The first kappa shape index (κ1) is 19.5. The summed E-state index contributed by atoms with van der Waals surface area (Å²) in [5.41, 5.74) is 0. The van der Waals surface area contributed by atoms with Gasteiger partial charge in [-0.25, -0.2) is 8.42 Å². The average Bonchev–Trinajstić information content (AvgIpc) is 1.98. The molecule has 0 aromatic carbocycles. The van der Waals surface area contributed by atoms with Gasteiger partial charge in [0.2, 0.25) is 0 Å². The van der Waals surface area contributed by atoms with Crippen molar-refractivity contribution in [3.8, 4) is 0 Å². The summed E-state index contributed by atoms with van der Waals surface area (Å²) in [5, 5.41) is -4.40. The van der Waals surface area contributed by atoms with E-state index >= 15 is 0 Å². The van der Waals surface area contributed by atoms with Gasteiger partial charge in [-0.2, -0.15) is 22.0 Å². The van der Waals surface area contributed by atoms with Crippen LogP contribution in [0.1, 0.15) is 32.1 Å². The minimum Gasteiger partial charge on any atom is -0.743 e. The maximum Gasteiger partial charge on any atom is 1.00 e. The molecule has 0 saturated carbocycles. The molecule has 0 atom stereocenters.